The lowest BCUT2D eigenvalue weighted by atomic mass is 9.91. The van der Waals surface area contributed by atoms with Crippen LogP contribution in [0.25, 0.3) is 16.7 Å². The monoisotopic (exact) mass is 710 g/mol. The molecule has 0 saturated carbocycles. The zero-order valence-corrected chi connectivity index (χ0v) is 30.4. The third-order valence-electron chi connectivity index (χ3n) is 7.32. The van der Waals surface area contributed by atoms with Gasteiger partial charge in [-0.3, -0.25) is 9.05 Å². The molecule has 0 aromatic heterocycles. The van der Waals surface area contributed by atoms with Crippen molar-refractivity contribution in [1.29, 1.82) is 0 Å². The van der Waals surface area contributed by atoms with Crippen LogP contribution in [0.4, 0.5) is 0 Å². The highest BCUT2D eigenvalue weighted by Crippen LogP contribution is 2.51. The average Bonchev–Trinajstić information content (AvgIpc) is 3.09. The summed E-state index contributed by atoms with van der Waals surface area (Å²) in [5.74, 6) is 1.40. The van der Waals surface area contributed by atoms with E-state index in [4.69, 9.17) is 36.6 Å². The Hall–Kier alpha value is -3.88. The van der Waals surface area contributed by atoms with E-state index in [1.165, 1.54) is 14.2 Å². The highest BCUT2D eigenvalue weighted by molar-refractivity contribution is 7.49. The number of benzene rings is 4. The fraction of sp³-hybridized carbons (Fsp3) is 0.297. The van der Waals surface area contributed by atoms with Crippen molar-refractivity contribution in [3.8, 4) is 34.1 Å². The average molecular weight is 711 g/mol. The van der Waals surface area contributed by atoms with Crippen molar-refractivity contribution in [3.63, 3.8) is 0 Å². The standard InChI is InChI=1S/C37H44O10P2/c1-7-8-11-16-30-24-35(42-26-44-48(38,40-5)46-31-17-12-9-13-18-31)37(34-23-29(4)21-22-33(34)28(2)3)36(25-30)43-27-45-49(39,41-6)47-32-19-14-10-15-20-32/h9-10,12-15,17-25H,2,7-8,11,16,26-27H2,1,3-6H3. The molecule has 0 heterocycles. The predicted molar refractivity (Wildman–Crippen MR) is 191 cm³/mol. The van der Waals surface area contributed by atoms with Crippen LogP contribution in [0.5, 0.6) is 23.0 Å². The SMILES string of the molecule is C=C(C)c1ccc(C)cc1-c1c(OCOP(=O)(OC)Oc2ccccc2)cc(CCCCC)cc1OCOP(=O)(OC)Oc1ccccc1. The number of rotatable bonds is 20. The van der Waals surface area contributed by atoms with Gasteiger partial charge >= 0.3 is 15.6 Å². The minimum Gasteiger partial charge on any atom is -0.466 e. The van der Waals surface area contributed by atoms with Gasteiger partial charge in [0, 0.05) is 14.2 Å². The molecule has 0 saturated heterocycles. The van der Waals surface area contributed by atoms with Gasteiger partial charge in [-0.15, -0.1) is 0 Å². The summed E-state index contributed by atoms with van der Waals surface area (Å²) < 4.78 is 71.7. The van der Waals surface area contributed by atoms with Crippen LogP contribution < -0.4 is 18.5 Å². The topological polar surface area (TPSA) is 108 Å². The summed E-state index contributed by atoms with van der Waals surface area (Å²) in [5, 5.41) is 0. The van der Waals surface area contributed by atoms with E-state index in [-0.39, 0.29) is 0 Å². The van der Waals surface area contributed by atoms with Crippen LogP contribution in [-0.4, -0.2) is 27.8 Å². The highest BCUT2D eigenvalue weighted by atomic mass is 31.2. The van der Waals surface area contributed by atoms with Gasteiger partial charge in [0.2, 0.25) is 13.6 Å². The van der Waals surface area contributed by atoms with E-state index in [9.17, 15) is 9.13 Å². The first-order chi connectivity index (χ1) is 23.6. The number of phosphoric ester groups is 2. The van der Waals surface area contributed by atoms with Gasteiger partial charge in [0.1, 0.15) is 23.0 Å². The molecule has 0 N–H and O–H groups in total. The number of hydrogen-bond donors (Lipinski definition) is 0. The molecule has 0 aliphatic carbocycles. The Balaban J connectivity index is 1.71. The van der Waals surface area contributed by atoms with Crippen LogP contribution in [0.15, 0.2) is 97.6 Å². The molecule has 0 aliphatic heterocycles. The van der Waals surface area contributed by atoms with Crippen LogP contribution in [0.1, 0.15) is 49.8 Å². The largest absolute Gasteiger partial charge is 0.532 e. The van der Waals surface area contributed by atoms with Crippen molar-refractivity contribution in [2.24, 2.45) is 0 Å². The second kappa shape index (κ2) is 18.2. The maximum atomic E-state index is 13.3. The molecule has 4 aromatic carbocycles. The number of aryl methyl sites for hydroxylation is 2. The molecule has 0 spiro atoms. The summed E-state index contributed by atoms with van der Waals surface area (Å²) in [6.07, 6.45) is 3.72. The third-order valence-corrected chi connectivity index (χ3v) is 9.92. The minimum absolute atomic E-state index is 0.317. The fourth-order valence-corrected chi connectivity index (χ4v) is 6.45. The minimum atomic E-state index is -4.04. The number of allylic oxidation sites excluding steroid dienone is 1. The number of hydrogen-bond acceptors (Lipinski definition) is 10. The van der Waals surface area contributed by atoms with E-state index in [0.717, 1.165) is 53.5 Å². The van der Waals surface area contributed by atoms with E-state index in [1.54, 1.807) is 48.5 Å². The van der Waals surface area contributed by atoms with Crippen molar-refractivity contribution in [1.82, 2.24) is 0 Å². The first kappa shape index (κ1) is 37.9. The third kappa shape index (κ3) is 11.1. The predicted octanol–water partition coefficient (Wildman–Crippen LogP) is 10.8. The van der Waals surface area contributed by atoms with E-state index < -0.39 is 29.2 Å². The van der Waals surface area contributed by atoms with E-state index in [0.29, 0.717) is 28.6 Å². The van der Waals surface area contributed by atoms with Gasteiger partial charge in [0.05, 0.1) is 5.56 Å². The normalized spacial score (nSPS) is 13.6. The number of unbranched alkanes of at least 4 members (excludes halogenated alkanes) is 2. The Morgan fingerprint density at radius 2 is 1.22 bits per heavy atom. The fourth-order valence-electron chi connectivity index (χ4n) is 4.86. The molecule has 2 unspecified atom stereocenters. The van der Waals surface area contributed by atoms with E-state index in [1.807, 2.05) is 56.3 Å². The Morgan fingerprint density at radius 3 is 1.67 bits per heavy atom. The van der Waals surface area contributed by atoms with Crippen LogP contribution in [0, 0.1) is 6.92 Å². The summed E-state index contributed by atoms with van der Waals surface area (Å²) in [4.78, 5) is 0. The van der Waals surface area contributed by atoms with Crippen molar-refractivity contribution < 1.29 is 45.7 Å². The molecule has 0 aliphatic rings. The second-order valence-electron chi connectivity index (χ2n) is 11.1. The molecule has 0 radical (unpaired) electrons. The van der Waals surface area contributed by atoms with Crippen molar-refractivity contribution in [2.75, 3.05) is 27.8 Å². The molecule has 262 valence electrons. The van der Waals surface area contributed by atoms with E-state index >= 15 is 0 Å². The Bertz CT molecular complexity index is 1670. The smallest absolute Gasteiger partial charge is 0.466 e. The van der Waals surface area contributed by atoms with Crippen molar-refractivity contribution in [2.45, 2.75) is 46.5 Å². The summed E-state index contributed by atoms with van der Waals surface area (Å²) in [5.41, 5.74) is 4.89. The zero-order chi connectivity index (χ0) is 35.3. The maximum absolute atomic E-state index is 13.3. The quantitative estimate of drug-likeness (QED) is 0.0499. The highest BCUT2D eigenvalue weighted by Gasteiger charge is 2.30. The first-order valence-corrected chi connectivity index (χ1v) is 18.8. The maximum Gasteiger partial charge on any atom is 0.532 e. The van der Waals surface area contributed by atoms with Gasteiger partial charge in [-0.1, -0.05) is 92.1 Å². The Morgan fingerprint density at radius 1 is 0.714 bits per heavy atom. The number of ether oxygens (including phenoxy) is 2. The molecule has 10 nitrogen and oxygen atoms in total. The molecule has 0 amide bonds. The second-order valence-corrected chi connectivity index (χ2v) is 14.5. The molecular formula is C37H44O10P2. The summed E-state index contributed by atoms with van der Waals surface area (Å²) in [7, 11) is -5.61. The van der Waals surface area contributed by atoms with Gasteiger partial charge in [-0.05, 0) is 79.8 Å². The molecule has 4 aromatic rings. The summed E-state index contributed by atoms with van der Waals surface area (Å²) >= 11 is 0. The molecular weight excluding hydrogens is 666 g/mol. The van der Waals surface area contributed by atoms with Crippen LogP contribution >= 0.6 is 15.6 Å². The molecule has 0 bridgehead atoms. The molecule has 49 heavy (non-hydrogen) atoms. The van der Waals surface area contributed by atoms with Gasteiger partial charge < -0.3 is 18.5 Å². The van der Waals surface area contributed by atoms with Gasteiger partial charge in [0.25, 0.3) is 0 Å². The van der Waals surface area contributed by atoms with Gasteiger partial charge in [-0.25, -0.2) is 18.2 Å². The molecule has 4 rings (SSSR count). The molecule has 12 heteroatoms. The van der Waals surface area contributed by atoms with E-state index in [2.05, 4.69) is 13.5 Å². The lowest BCUT2D eigenvalue weighted by Gasteiger charge is -2.22. The van der Waals surface area contributed by atoms with Crippen molar-refractivity contribution >= 4 is 21.2 Å². The molecule has 0 fully saturated rings. The molecule has 2 atom stereocenters. The number of phosphoric acid groups is 2. The zero-order valence-electron chi connectivity index (χ0n) is 28.6. The number of para-hydroxylation sites is 2. The Labute approximate surface area is 289 Å². The first-order valence-electron chi connectivity index (χ1n) is 15.9. The summed E-state index contributed by atoms with van der Waals surface area (Å²) in [6.45, 7) is 9.26. The van der Waals surface area contributed by atoms with Gasteiger partial charge in [0.15, 0.2) is 0 Å². The lowest BCUT2D eigenvalue weighted by Crippen LogP contribution is -2.10. The van der Waals surface area contributed by atoms with Crippen LogP contribution in [-0.2, 0) is 33.6 Å². The van der Waals surface area contributed by atoms with Gasteiger partial charge in [-0.2, -0.15) is 0 Å². The van der Waals surface area contributed by atoms with Crippen molar-refractivity contribution in [3.05, 3.63) is 114 Å². The summed E-state index contributed by atoms with van der Waals surface area (Å²) in [6, 6.07) is 26.9. The Kier molecular flexibility index (Phi) is 14.1. The van der Waals surface area contributed by atoms with Crippen LogP contribution in [0.3, 0.4) is 0 Å². The lowest BCUT2D eigenvalue weighted by molar-refractivity contribution is 0.0748. The van der Waals surface area contributed by atoms with Crippen LogP contribution in [0.2, 0.25) is 0 Å².